The molecular formula is C14H24N4O3. The summed E-state index contributed by atoms with van der Waals surface area (Å²) in [6.07, 6.45) is 0.881. The molecule has 2 heterocycles. The van der Waals surface area contributed by atoms with E-state index < -0.39 is 11.8 Å². The van der Waals surface area contributed by atoms with Crippen LogP contribution in [0.3, 0.4) is 0 Å². The van der Waals surface area contributed by atoms with Crippen LogP contribution in [0.1, 0.15) is 20.3 Å². The van der Waals surface area contributed by atoms with E-state index in [9.17, 15) is 14.4 Å². The first-order chi connectivity index (χ1) is 9.90. The van der Waals surface area contributed by atoms with E-state index in [2.05, 4.69) is 6.92 Å². The average Bonchev–Trinajstić information content (AvgIpc) is 2.87. The van der Waals surface area contributed by atoms with Crippen molar-refractivity contribution in [2.75, 3.05) is 45.8 Å². The lowest BCUT2D eigenvalue weighted by Gasteiger charge is -2.33. The van der Waals surface area contributed by atoms with Crippen LogP contribution in [0, 0.1) is 5.41 Å². The second-order valence-electron chi connectivity index (χ2n) is 6.19. The van der Waals surface area contributed by atoms with Crippen molar-refractivity contribution in [1.29, 1.82) is 0 Å². The van der Waals surface area contributed by atoms with Crippen LogP contribution in [0.2, 0.25) is 0 Å². The highest BCUT2D eigenvalue weighted by molar-refractivity contribution is 6.35. The van der Waals surface area contributed by atoms with Gasteiger partial charge in [-0.1, -0.05) is 6.92 Å². The third-order valence-electron chi connectivity index (χ3n) is 4.51. The van der Waals surface area contributed by atoms with Gasteiger partial charge in [-0.2, -0.15) is 0 Å². The molecule has 2 N–H and O–H groups in total. The van der Waals surface area contributed by atoms with Gasteiger partial charge in [0.15, 0.2) is 0 Å². The average molecular weight is 296 g/mol. The number of carbonyl (C=O) groups is 3. The van der Waals surface area contributed by atoms with Gasteiger partial charge in [0.25, 0.3) is 0 Å². The van der Waals surface area contributed by atoms with Gasteiger partial charge in [0, 0.05) is 32.7 Å². The van der Waals surface area contributed by atoms with Gasteiger partial charge < -0.3 is 20.4 Å². The van der Waals surface area contributed by atoms with Gasteiger partial charge in [0.1, 0.15) is 6.54 Å². The highest BCUT2D eigenvalue weighted by atomic mass is 16.2. The number of hydrogen-bond donors (Lipinski definition) is 1. The standard InChI is InChI=1S/C14H24N4O3/c1-3-16-6-7-17(13(21)12(16)20)8-11(19)18-5-4-14(2,9-15)10-18/h3-10,15H2,1-2H3. The van der Waals surface area contributed by atoms with Crippen LogP contribution >= 0.6 is 0 Å². The number of piperazine rings is 1. The lowest BCUT2D eigenvalue weighted by Crippen LogP contribution is -2.56. The predicted octanol–water partition coefficient (Wildman–Crippen LogP) is -1.13. The number of nitrogens with two attached hydrogens (primary N) is 1. The van der Waals surface area contributed by atoms with Crippen molar-refractivity contribution in [2.24, 2.45) is 11.1 Å². The molecule has 0 aromatic rings. The van der Waals surface area contributed by atoms with Gasteiger partial charge in [0.2, 0.25) is 5.91 Å². The Kier molecular flexibility index (Phi) is 4.51. The molecule has 118 valence electrons. The number of nitrogens with zero attached hydrogens (tertiary/aromatic N) is 3. The van der Waals surface area contributed by atoms with Crippen molar-refractivity contribution < 1.29 is 14.4 Å². The number of amides is 3. The molecule has 7 heteroatoms. The van der Waals surface area contributed by atoms with Crippen molar-refractivity contribution in [2.45, 2.75) is 20.3 Å². The van der Waals surface area contributed by atoms with E-state index in [1.807, 2.05) is 6.92 Å². The Morgan fingerprint density at radius 1 is 1.19 bits per heavy atom. The van der Waals surface area contributed by atoms with Crippen molar-refractivity contribution in [3.05, 3.63) is 0 Å². The molecule has 2 fully saturated rings. The summed E-state index contributed by atoms with van der Waals surface area (Å²) in [5.74, 6) is -1.18. The maximum atomic E-state index is 12.3. The van der Waals surface area contributed by atoms with Crippen LogP contribution in [-0.2, 0) is 14.4 Å². The van der Waals surface area contributed by atoms with Crippen LogP contribution < -0.4 is 5.73 Å². The van der Waals surface area contributed by atoms with Gasteiger partial charge in [-0.05, 0) is 25.3 Å². The van der Waals surface area contributed by atoms with Crippen LogP contribution in [0.4, 0.5) is 0 Å². The molecule has 0 spiro atoms. The minimum atomic E-state index is -0.572. The minimum Gasteiger partial charge on any atom is -0.341 e. The van der Waals surface area contributed by atoms with Crippen molar-refractivity contribution in [3.63, 3.8) is 0 Å². The molecular weight excluding hydrogens is 272 g/mol. The van der Waals surface area contributed by atoms with E-state index in [-0.39, 0.29) is 17.9 Å². The topological polar surface area (TPSA) is 86.9 Å². The molecule has 0 saturated carbocycles. The summed E-state index contributed by atoms with van der Waals surface area (Å²) < 4.78 is 0. The third-order valence-corrected chi connectivity index (χ3v) is 4.51. The molecule has 3 amide bonds. The van der Waals surface area contributed by atoms with E-state index in [4.69, 9.17) is 5.73 Å². The molecule has 2 aliphatic rings. The minimum absolute atomic E-state index is 0.0111. The second kappa shape index (κ2) is 6.01. The fraction of sp³-hybridized carbons (Fsp3) is 0.786. The van der Waals surface area contributed by atoms with E-state index in [1.54, 1.807) is 4.90 Å². The fourth-order valence-corrected chi connectivity index (χ4v) is 2.83. The Balaban J connectivity index is 1.92. The normalized spacial score (nSPS) is 26.7. The van der Waals surface area contributed by atoms with Gasteiger partial charge >= 0.3 is 11.8 Å². The number of carbonyl (C=O) groups excluding carboxylic acids is 3. The molecule has 2 rings (SSSR count). The number of rotatable bonds is 4. The summed E-state index contributed by atoms with van der Waals surface area (Å²) in [6.45, 7) is 7.17. The summed E-state index contributed by atoms with van der Waals surface area (Å²) in [7, 11) is 0. The van der Waals surface area contributed by atoms with Gasteiger partial charge in [0.05, 0.1) is 0 Å². The predicted molar refractivity (Wildman–Crippen MR) is 77.2 cm³/mol. The molecule has 1 atom stereocenters. The molecule has 0 aromatic heterocycles. The molecule has 2 saturated heterocycles. The largest absolute Gasteiger partial charge is 0.341 e. The van der Waals surface area contributed by atoms with Crippen LogP contribution in [0.5, 0.6) is 0 Å². The summed E-state index contributed by atoms with van der Waals surface area (Å²) in [5.41, 5.74) is 5.70. The van der Waals surface area contributed by atoms with Crippen molar-refractivity contribution >= 4 is 17.7 Å². The molecule has 0 bridgehead atoms. The molecule has 0 radical (unpaired) electrons. The Labute approximate surface area is 125 Å². The molecule has 0 aromatic carbocycles. The SMILES string of the molecule is CCN1CCN(CC(=O)N2CCC(C)(CN)C2)C(=O)C1=O. The summed E-state index contributed by atoms with van der Waals surface area (Å²) in [4.78, 5) is 40.7. The molecule has 2 aliphatic heterocycles. The van der Waals surface area contributed by atoms with Gasteiger partial charge in [-0.15, -0.1) is 0 Å². The third kappa shape index (κ3) is 3.18. The zero-order valence-corrected chi connectivity index (χ0v) is 12.8. The van der Waals surface area contributed by atoms with Crippen LogP contribution in [0.25, 0.3) is 0 Å². The molecule has 7 nitrogen and oxygen atoms in total. The first-order valence-corrected chi connectivity index (χ1v) is 7.46. The lowest BCUT2D eigenvalue weighted by molar-refractivity contribution is -0.157. The molecule has 1 unspecified atom stereocenters. The zero-order valence-electron chi connectivity index (χ0n) is 12.8. The Hall–Kier alpha value is -1.63. The quantitative estimate of drug-likeness (QED) is 0.665. The summed E-state index contributed by atoms with van der Waals surface area (Å²) >= 11 is 0. The van der Waals surface area contributed by atoms with Gasteiger partial charge in [-0.25, -0.2) is 0 Å². The first-order valence-electron chi connectivity index (χ1n) is 7.46. The Bertz CT molecular complexity index is 454. The lowest BCUT2D eigenvalue weighted by atomic mass is 9.90. The Morgan fingerprint density at radius 3 is 2.38 bits per heavy atom. The molecule has 21 heavy (non-hydrogen) atoms. The number of likely N-dealkylation sites (N-methyl/N-ethyl adjacent to an activating group) is 1. The second-order valence-corrected chi connectivity index (χ2v) is 6.19. The van der Waals surface area contributed by atoms with E-state index in [1.165, 1.54) is 9.80 Å². The summed E-state index contributed by atoms with van der Waals surface area (Å²) in [6, 6.07) is 0. The van der Waals surface area contributed by atoms with Crippen LogP contribution in [0.15, 0.2) is 0 Å². The zero-order chi connectivity index (χ0) is 15.6. The number of hydrogen-bond acceptors (Lipinski definition) is 4. The molecule has 0 aliphatic carbocycles. The van der Waals surface area contributed by atoms with Crippen molar-refractivity contribution in [3.8, 4) is 0 Å². The highest BCUT2D eigenvalue weighted by Crippen LogP contribution is 2.28. The van der Waals surface area contributed by atoms with Crippen LogP contribution in [-0.4, -0.2) is 78.2 Å². The maximum absolute atomic E-state index is 12.3. The van der Waals surface area contributed by atoms with E-state index >= 15 is 0 Å². The maximum Gasteiger partial charge on any atom is 0.312 e. The van der Waals surface area contributed by atoms with Gasteiger partial charge in [-0.3, -0.25) is 14.4 Å². The Morgan fingerprint density at radius 2 is 1.81 bits per heavy atom. The van der Waals surface area contributed by atoms with E-state index in [0.29, 0.717) is 39.3 Å². The van der Waals surface area contributed by atoms with E-state index in [0.717, 1.165) is 6.42 Å². The van der Waals surface area contributed by atoms with Crippen molar-refractivity contribution in [1.82, 2.24) is 14.7 Å². The fourth-order valence-electron chi connectivity index (χ4n) is 2.83. The first kappa shape index (κ1) is 15.8. The highest BCUT2D eigenvalue weighted by Gasteiger charge is 2.37. The smallest absolute Gasteiger partial charge is 0.312 e. The monoisotopic (exact) mass is 296 g/mol. The summed E-state index contributed by atoms with van der Waals surface area (Å²) in [5, 5.41) is 0. The number of likely N-dealkylation sites (tertiary alicyclic amines) is 1.